The van der Waals surface area contributed by atoms with Crippen LogP contribution in [0.5, 0.6) is 0 Å². The van der Waals surface area contributed by atoms with Crippen molar-refractivity contribution in [3.05, 3.63) is 18.0 Å². The van der Waals surface area contributed by atoms with Gasteiger partial charge in [-0.05, 0) is 51.9 Å². The first-order valence-corrected chi connectivity index (χ1v) is 8.21. The van der Waals surface area contributed by atoms with Crippen LogP contribution in [0.15, 0.2) is 12.4 Å². The molecule has 20 heavy (non-hydrogen) atoms. The van der Waals surface area contributed by atoms with Crippen molar-refractivity contribution >= 4 is 0 Å². The molecule has 0 spiro atoms. The van der Waals surface area contributed by atoms with E-state index in [1.54, 1.807) is 0 Å². The van der Waals surface area contributed by atoms with E-state index in [2.05, 4.69) is 53.3 Å². The number of nitrogens with zero attached hydrogens (tertiary/aromatic N) is 3. The molecule has 0 aliphatic carbocycles. The standard InChI is InChI=1S/C16H30N4/c1-4-9-20-13-15(12-18-20)16-14(11-17-3)8-6-7-10-19(16)5-2/h12-14,16-17H,4-11H2,1-3H3. The van der Waals surface area contributed by atoms with Crippen LogP contribution in [0, 0.1) is 5.92 Å². The summed E-state index contributed by atoms with van der Waals surface area (Å²) in [6, 6.07) is 0.528. The molecule has 2 rings (SSSR count). The largest absolute Gasteiger partial charge is 0.319 e. The van der Waals surface area contributed by atoms with Crippen LogP contribution in [0.25, 0.3) is 0 Å². The molecule has 2 unspecified atom stereocenters. The first kappa shape index (κ1) is 15.5. The summed E-state index contributed by atoms with van der Waals surface area (Å²) in [4.78, 5) is 2.64. The highest BCUT2D eigenvalue weighted by Crippen LogP contribution is 2.34. The van der Waals surface area contributed by atoms with E-state index >= 15 is 0 Å². The molecule has 1 aromatic rings. The van der Waals surface area contributed by atoms with Gasteiger partial charge in [-0.1, -0.05) is 20.3 Å². The number of rotatable bonds is 6. The Balaban J connectivity index is 2.22. The van der Waals surface area contributed by atoms with Crippen molar-refractivity contribution in [2.24, 2.45) is 5.92 Å². The summed E-state index contributed by atoms with van der Waals surface area (Å²) in [5.41, 5.74) is 1.41. The predicted octanol–water partition coefficient (Wildman–Crippen LogP) is 2.68. The molecule has 1 fully saturated rings. The van der Waals surface area contributed by atoms with Crippen LogP contribution in [0.2, 0.25) is 0 Å². The molecular weight excluding hydrogens is 248 g/mol. The Kier molecular flexibility index (Phi) is 6.05. The summed E-state index contributed by atoms with van der Waals surface area (Å²) >= 11 is 0. The van der Waals surface area contributed by atoms with Gasteiger partial charge in [0.2, 0.25) is 0 Å². The molecule has 1 aromatic heterocycles. The van der Waals surface area contributed by atoms with Crippen LogP contribution >= 0.6 is 0 Å². The maximum Gasteiger partial charge on any atom is 0.0537 e. The van der Waals surface area contributed by atoms with Crippen LogP contribution in [0.3, 0.4) is 0 Å². The minimum Gasteiger partial charge on any atom is -0.319 e. The third kappa shape index (κ3) is 3.61. The molecule has 1 aliphatic heterocycles. The van der Waals surface area contributed by atoms with E-state index in [0.29, 0.717) is 12.0 Å². The van der Waals surface area contributed by atoms with Gasteiger partial charge in [-0.25, -0.2) is 0 Å². The minimum atomic E-state index is 0.528. The monoisotopic (exact) mass is 278 g/mol. The van der Waals surface area contributed by atoms with Crippen molar-refractivity contribution in [2.45, 2.75) is 52.1 Å². The highest BCUT2D eigenvalue weighted by molar-refractivity contribution is 5.13. The van der Waals surface area contributed by atoms with Gasteiger partial charge in [0.15, 0.2) is 0 Å². The molecule has 2 atom stereocenters. The third-order valence-electron chi connectivity index (χ3n) is 4.43. The average molecular weight is 278 g/mol. The van der Waals surface area contributed by atoms with Crippen molar-refractivity contribution in [2.75, 3.05) is 26.7 Å². The summed E-state index contributed by atoms with van der Waals surface area (Å²) in [5, 5.41) is 7.93. The lowest BCUT2D eigenvalue weighted by molar-refractivity contribution is 0.162. The maximum absolute atomic E-state index is 4.54. The predicted molar refractivity (Wildman–Crippen MR) is 83.8 cm³/mol. The van der Waals surface area contributed by atoms with Gasteiger partial charge < -0.3 is 5.32 Å². The van der Waals surface area contributed by atoms with Crippen molar-refractivity contribution in [3.8, 4) is 0 Å². The molecule has 114 valence electrons. The van der Waals surface area contributed by atoms with Crippen molar-refractivity contribution in [1.82, 2.24) is 20.0 Å². The summed E-state index contributed by atoms with van der Waals surface area (Å²) in [7, 11) is 2.07. The number of aromatic nitrogens is 2. The highest BCUT2D eigenvalue weighted by atomic mass is 15.3. The zero-order valence-corrected chi connectivity index (χ0v) is 13.3. The third-order valence-corrected chi connectivity index (χ3v) is 4.43. The van der Waals surface area contributed by atoms with E-state index in [1.807, 2.05) is 0 Å². The summed E-state index contributed by atoms with van der Waals surface area (Å²) in [5.74, 6) is 0.696. The fraction of sp³-hybridized carbons (Fsp3) is 0.812. The smallest absolute Gasteiger partial charge is 0.0537 e. The van der Waals surface area contributed by atoms with Gasteiger partial charge in [-0.15, -0.1) is 0 Å². The Morgan fingerprint density at radius 2 is 2.20 bits per heavy atom. The van der Waals surface area contributed by atoms with E-state index in [0.717, 1.165) is 26.1 Å². The molecule has 0 bridgehead atoms. The normalized spacial score (nSPS) is 24.8. The molecule has 0 saturated carbocycles. The first-order valence-electron chi connectivity index (χ1n) is 8.21. The SMILES string of the molecule is CCCn1cc(C2C(CNC)CCCCN2CC)cn1. The Morgan fingerprint density at radius 3 is 2.90 bits per heavy atom. The van der Waals surface area contributed by atoms with Crippen LogP contribution in [0.4, 0.5) is 0 Å². The highest BCUT2D eigenvalue weighted by Gasteiger charge is 2.30. The van der Waals surface area contributed by atoms with E-state index in [9.17, 15) is 0 Å². The van der Waals surface area contributed by atoms with Crippen molar-refractivity contribution in [1.29, 1.82) is 0 Å². The average Bonchev–Trinajstić information content (AvgIpc) is 2.80. The molecular formula is C16H30N4. The number of aryl methyl sites for hydroxylation is 1. The molecule has 1 N–H and O–H groups in total. The maximum atomic E-state index is 4.54. The van der Waals surface area contributed by atoms with Crippen LogP contribution in [-0.4, -0.2) is 41.4 Å². The molecule has 0 aromatic carbocycles. The zero-order chi connectivity index (χ0) is 14.4. The van der Waals surface area contributed by atoms with E-state index < -0.39 is 0 Å². The lowest BCUT2D eigenvalue weighted by atomic mass is 9.90. The minimum absolute atomic E-state index is 0.528. The van der Waals surface area contributed by atoms with E-state index in [4.69, 9.17) is 0 Å². The van der Waals surface area contributed by atoms with E-state index in [-0.39, 0.29) is 0 Å². The Labute approximate surface area is 123 Å². The van der Waals surface area contributed by atoms with E-state index in [1.165, 1.54) is 31.4 Å². The van der Waals surface area contributed by atoms with Crippen molar-refractivity contribution < 1.29 is 0 Å². The summed E-state index contributed by atoms with van der Waals surface area (Å²) in [6.45, 7) is 8.96. The van der Waals surface area contributed by atoms with Crippen LogP contribution < -0.4 is 5.32 Å². The van der Waals surface area contributed by atoms with Gasteiger partial charge >= 0.3 is 0 Å². The zero-order valence-electron chi connectivity index (χ0n) is 13.3. The number of nitrogens with one attached hydrogen (secondary N) is 1. The van der Waals surface area contributed by atoms with Gasteiger partial charge in [0.25, 0.3) is 0 Å². The van der Waals surface area contributed by atoms with Gasteiger partial charge in [0, 0.05) is 24.3 Å². The number of likely N-dealkylation sites (tertiary alicyclic amines) is 1. The number of hydrogen-bond acceptors (Lipinski definition) is 3. The molecule has 4 heteroatoms. The topological polar surface area (TPSA) is 33.1 Å². The fourth-order valence-electron chi connectivity index (χ4n) is 3.51. The molecule has 1 saturated heterocycles. The molecule has 2 heterocycles. The first-order chi connectivity index (χ1) is 9.80. The van der Waals surface area contributed by atoms with Crippen LogP contribution in [0.1, 0.15) is 51.1 Å². The Hall–Kier alpha value is -0.870. The fourth-order valence-corrected chi connectivity index (χ4v) is 3.51. The van der Waals surface area contributed by atoms with Gasteiger partial charge in [-0.3, -0.25) is 9.58 Å². The van der Waals surface area contributed by atoms with Crippen LogP contribution in [-0.2, 0) is 6.54 Å². The summed E-state index contributed by atoms with van der Waals surface area (Å²) in [6.07, 6.45) is 9.50. The molecule has 1 aliphatic rings. The van der Waals surface area contributed by atoms with Gasteiger partial charge in [0.1, 0.15) is 0 Å². The quantitative estimate of drug-likeness (QED) is 0.868. The van der Waals surface area contributed by atoms with Crippen molar-refractivity contribution in [3.63, 3.8) is 0 Å². The lowest BCUT2D eigenvalue weighted by Gasteiger charge is -2.33. The molecule has 0 amide bonds. The Bertz CT molecular complexity index is 388. The Morgan fingerprint density at radius 1 is 1.35 bits per heavy atom. The lowest BCUT2D eigenvalue weighted by Crippen LogP contribution is -2.36. The second kappa shape index (κ2) is 7.79. The van der Waals surface area contributed by atoms with Gasteiger partial charge in [-0.2, -0.15) is 5.10 Å². The second-order valence-electron chi connectivity index (χ2n) is 5.92. The second-order valence-corrected chi connectivity index (χ2v) is 5.92. The molecule has 4 nitrogen and oxygen atoms in total. The number of hydrogen-bond donors (Lipinski definition) is 1. The van der Waals surface area contributed by atoms with Gasteiger partial charge in [0.05, 0.1) is 6.20 Å². The molecule has 0 radical (unpaired) electrons. The summed E-state index contributed by atoms with van der Waals surface area (Å²) < 4.78 is 2.10.